The molecule has 6 heteroatoms. The molecule has 6 nitrogen and oxygen atoms in total. The van der Waals surface area contributed by atoms with Crippen LogP contribution in [0.3, 0.4) is 0 Å². The highest BCUT2D eigenvalue weighted by Gasteiger charge is 2.24. The second-order valence-electron chi connectivity index (χ2n) is 5.09. The molecule has 1 atom stereocenters. The monoisotopic (exact) mass is 266 g/mol. The molecule has 0 saturated heterocycles. The SMILES string of the molecule is CC[C@@H](C)NC(=O)CN1Cc2cnn(CCO)c2C1. The van der Waals surface area contributed by atoms with Crippen molar-refractivity contribution in [3.05, 3.63) is 17.5 Å². The second-order valence-corrected chi connectivity index (χ2v) is 5.09. The molecule has 0 aromatic carbocycles. The summed E-state index contributed by atoms with van der Waals surface area (Å²) in [5.74, 6) is 0.0705. The highest BCUT2D eigenvalue weighted by Crippen LogP contribution is 2.21. The maximum absolute atomic E-state index is 11.8. The molecule has 1 aromatic heterocycles. The van der Waals surface area contributed by atoms with Crippen LogP contribution in [0.5, 0.6) is 0 Å². The summed E-state index contributed by atoms with van der Waals surface area (Å²) in [6.45, 7) is 6.57. The molecule has 0 fully saturated rings. The van der Waals surface area contributed by atoms with Gasteiger partial charge in [0.15, 0.2) is 0 Å². The number of hydrogen-bond donors (Lipinski definition) is 2. The molecule has 1 aliphatic heterocycles. The maximum atomic E-state index is 11.8. The number of carbonyl (C=O) groups excluding carboxylic acids is 1. The third-order valence-electron chi connectivity index (χ3n) is 3.50. The van der Waals surface area contributed by atoms with E-state index in [0.29, 0.717) is 13.1 Å². The van der Waals surface area contributed by atoms with Crippen molar-refractivity contribution in [1.82, 2.24) is 20.0 Å². The molecule has 0 unspecified atom stereocenters. The average Bonchev–Trinajstić information content (AvgIpc) is 2.91. The zero-order chi connectivity index (χ0) is 13.8. The van der Waals surface area contributed by atoms with Crippen LogP contribution in [-0.4, -0.2) is 44.9 Å². The van der Waals surface area contributed by atoms with Crippen LogP contribution in [0.1, 0.15) is 31.5 Å². The van der Waals surface area contributed by atoms with Crippen LogP contribution in [0, 0.1) is 0 Å². The van der Waals surface area contributed by atoms with E-state index in [1.807, 2.05) is 17.8 Å². The fourth-order valence-electron chi connectivity index (χ4n) is 2.30. The summed E-state index contributed by atoms with van der Waals surface area (Å²) in [6.07, 6.45) is 2.77. The first kappa shape index (κ1) is 14.0. The molecule has 0 spiro atoms. The minimum absolute atomic E-state index is 0.0705. The summed E-state index contributed by atoms with van der Waals surface area (Å²) >= 11 is 0. The van der Waals surface area contributed by atoms with Crippen molar-refractivity contribution in [1.29, 1.82) is 0 Å². The van der Waals surface area contributed by atoms with Crippen LogP contribution >= 0.6 is 0 Å². The molecule has 0 saturated carbocycles. The lowest BCUT2D eigenvalue weighted by Crippen LogP contribution is -2.39. The van der Waals surface area contributed by atoms with Gasteiger partial charge in [0.05, 0.1) is 31.6 Å². The Morgan fingerprint density at radius 1 is 1.58 bits per heavy atom. The van der Waals surface area contributed by atoms with E-state index in [1.165, 1.54) is 0 Å². The van der Waals surface area contributed by atoms with Crippen molar-refractivity contribution in [2.45, 2.75) is 45.9 Å². The van der Waals surface area contributed by atoms with Crippen LogP contribution in [0.4, 0.5) is 0 Å². The van der Waals surface area contributed by atoms with Gasteiger partial charge in [-0.15, -0.1) is 0 Å². The number of amides is 1. The van der Waals surface area contributed by atoms with E-state index < -0.39 is 0 Å². The highest BCUT2D eigenvalue weighted by molar-refractivity contribution is 5.78. The predicted molar refractivity (Wildman–Crippen MR) is 71.3 cm³/mol. The molecule has 0 bridgehead atoms. The number of hydrogen-bond acceptors (Lipinski definition) is 4. The Kier molecular flexibility index (Phi) is 4.55. The van der Waals surface area contributed by atoms with Gasteiger partial charge in [-0.25, -0.2) is 0 Å². The molecule has 0 aliphatic carbocycles. The zero-order valence-electron chi connectivity index (χ0n) is 11.6. The first-order valence-electron chi connectivity index (χ1n) is 6.80. The third-order valence-corrected chi connectivity index (χ3v) is 3.50. The normalized spacial score (nSPS) is 16.4. The molecule has 2 N–H and O–H groups in total. The number of nitrogens with one attached hydrogen (secondary N) is 1. The summed E-state index contributed by atoms with van der Waals surface area (Å²) < 4.78 is 1.82. The molecule has 1 amide bonds. The number of aliphatic hydroxyl groups excluding tert-OH is 1. The van der Waals surface area contributed by atoms with Gasteiger partial charge in [0, 0.05) is 24.7 Å². The lowest BCUT2D eigenvalue weighted by atomic mass is 10.2. The first-order chi connectivity index (χ1) is 9.13. The van der Waals surface area contributed by atoms with Gasteiger partial charge in [-0.05, 0) is 13.3 Å². The Bertz CT molecular complexity index is 444. The average molecular weight is 266 g/mol. The Morgan fingerprint density at radius 2 is 2.37 bits per heavy atom. The minimum atomic E-state index is 0.0705. The van der Waals surface area contributed by atoms with Crippen molar-refractivity contribution in [2.24, 2.45) is 0 Å². The summed E-state index contributed by atoms with van der Waals surface area (Å²) in [7, 11) is 0. The van der Waals surface area contributed by atoms with E-state index in [4.69, 9.17) is 5.11 Å². The Balaban J connectivity index is 1.88. The summed E-state index contributed by atoms with van der Waals surface area (Å²) in [6, 6.07) is 0.224. The molecule has 2 rings (SSSR count). The van der Waals surface area contributed by atoms with Crippen molar-refractivity contribution in [3.63, 3.8) is 0 Å². The van der Waals surface area contributed by atoms with Gasteiger partial charge in [0.25, 0.3) is 0 Å². The molecular weight excluding hydrogens is 244 g/mol. The van der Waals surface area contributed by atoms with Gasteiger partial charge in [0.2, 0.25) is 5.91 Å². The largest absolute Gasteiger partial charge is 0.394 e. The number of rotatable bonds is 6. The van der Waals surface area contributed by atoms with Crippen LogP contribution in [0.15, 0.2) is 6.20 Å². The van der Waals surface area contributed by atoms with Crippen molar-refractivity contribution in [3.8, 4) is 0 Å². The predicted octanol–water partition coefficient (Wildman–Crippen LogP) is 0.106. The maximum Gasteiger partial charge on any atom is 0.234 e. The quantitative estimate of drug-likeness (QED) is 0.766. The number of aliphatic hydroxyl groups is 1. The van der Waals surface area contributed by atoms with E-state index in [0.717, 1.165) is 30.8 Å². The Morgan fingerprint density at radius 3 is 3.05 bits per heavy atom. The van der Waals surface area contributed by atoms with Gasteiger partial charge in [0.1, 0.15) is 0 Å². The van der Waals surface area contributed by atoms with Gasteiger partial charge >= 0.3 is 0 Å². The van der Waals surface area contributed by atoms with Gasteiger partial charge in [-0.2, -0.15) is 5.10 Å². The van der Waals surface area contributed by atoms with E-state index in [1.54, 1.807) is 0 Å². The molecular formula is C13H22N4O2. The van der Waals surface area contributed by atoms with Gasteiger partial charge in [-0.3, -0.25) is 14.4 Å². The molecule has 1 aliphatic rings. The van der Waals surface area contributed by atoms with Crippen LogP contribution in [-0.2, 0) is 24.4 Å². The summed E-state index contributed by atoms with van der Waals surface area (Å²) in [5, 5.41) is 16.2. The first-order valence-corrected chi connectivity index (χ1v) is 6.80. The van der Waals surface area contributed by atoms with Crippen LogP contribution in [0.2, 0.25) is 0 Å². The lowest BCUT2D eigenvalue weighted by molar-refractivity contribution is -0.123. The lowest BCUT2D eigenvalue weighted by Gasteiger charge is -2.17. The fraction of sp³-hybridized carbons (Fsp3) is 0.692. The Labute approximate surface area is 113 Å². The van der Waals surface area contributed by atoms with E-state index in [-0.39, 0.29) is 18.6 Å². The molecule has 1 aromatic rings. The highest BCUT2D eigenvalue weighted by atomic mass is 16.3. The molecule has 106 valence electrons. The summed E-state index contributed by atoms with van der Waals surface area (Å²) in [5.41, 5.74) is 2.27. The number of nitrogens with zero attached hydrogens (tertiary/aromatic N) is 3. The summed E-state index contributed by atoms with van der Waals surface area (Å²) in [4.78, 5) is 13.9. The zero-order valence-corrected chi connectivity index (χ0v) is 11.6. The topological polar surface area (TPSA) is 70.4 Å². The second kappa shape index (κ2) is 6.16. The molecule has 2 heterocycles. The minimum Gasteiger partial charge on any atom is -0.394 e. The Hall–Kier alpha value is -1.40. The van der Waals surface area contributed by atoms with Crippen LogP contribution < -0.4 is 5.32 Å². The van der Waals surface area contributed by atoms with E-state index in [2.05, 4.69) is 22.2 Å². The third kappa shape index (κ3) is 3.33. The number of aromatic nitrogens is 2. The van der Waals surface area contributed by atoms with Crippen molar-refractivity contribution < 1.29 is 9.90 Å². The number of carbonyl (C=O) groups is 1. The molecule has 19 heavy (non-hydrogen) atoms. The number of fused-ring (bicyclic) bond motifs is 1. The molecule has 0 radical (unpaired) electrons. The standard InChI is InChI=1S/C13H22N4O2/c1-3-10(2)15-13(19)9-16-7-11-6-14-17(4-5-18)12(11)8-16/h6,10,18H,3-5,7-9H2,1-2H3,(H,15,19)/t10-/m1/s1. The van der Waals surface area contributed by atoms with Gasteiger partial charge < -0.3 is 10.4 Å². The van der Waals surface area contributed by atoms with E-state index in [9.17, 15) is 4.79 Å². The van der Waals surface area contributed by atoms with Crippen molar-refractivity contribution >= 4 is 5.91 Å². The van der Waals surface area contributed by atoms with Crippen molar-refractivity contribution in [2.75, 3.05) is 13.2 Å². The van der Waals surface area contributed by atoms with Gasteiger partial charge in [-0.1, -0.05) is 6.92 Å². The smallest absolute Gasteiger partial charge is 0.234 e. The fourth-order valence-corrected chi connectivity index (χ4v) is 2.30. The van der Waals surface area contributed by atoms with Crippen LogP contribution in [0.25, 0.3) is 0 Å². The van der Waals surface area contributed by atoms with E-state index >= 15 is 0 Å².